The zero-order valence-electron chi connectivity index (χ0n) is 11.5. The van der Waals surface area contributed by atoms with Crippen LogP contribution in [0.5, 0.6) is 0 Å². The lowest BCUT2D eigenvalue weighted by atomic mass is 10.1. The first-order valence-corrected chi connectivity index (χ1v) is 7.68. The molecule has 100 valence electrons. The van der Waals surface area contributed by atoms with Gasteiger partial charge in [-0.25, -0.2) is 0 Å². The lowest BCUT2D eigenvalue weighted by Gasteiger charge is -2.30. The number of hydrogen-bond acceptors (Lipinski definition) is 2. The minimum absolute atomic E-state index is 0.664. The Labute approximate surface area is 119 Å². The zero-order chi connectivity index (χ0) is 13.1. The van der Waals surface area contributed by atoms with Gasteiger partial charge in [-0.3, -0.25) is 0 Å². The van der Waals surface area contributed by atoms with E-state index in [0.29, 0.717) is 12.1 Å². The van der Waals surface area contributed by atoms with Crippen LogP contribution in [0.3, 0.4) is 0 Å². The van der Waals surface area contributed by atoms with E-state index in [1.54, 1.807) is 0 Å². The molecular formula is C15H23BrN2. The fraction of sp³-hybridized carbons (Fsp3) is 0.600. The second-order valence-electron chi connectivity index (χ2n) is 5.20. The van der Waals surface area contributed by atoms with E-state index in [-0.39, 0.29) is 0 Å². The molecular weight excluding hydrogens is 288 g/mol. The van der Waals surface area contributed by atoms with Crippen LogP contribution in [0.4, 0.5) is 5.69 Å². The van der Waals surface area contributed by atoms with Crippen molar-refractivity contribution < 1.29 is 0 Å². The first-order chi connectivity index (χ1) is 8.67. The maximum atomic E-state index is 3.69. The molecule has 1 aliphatic heterocycles. The van der Waals surface area contributed by atoms with Crippen molar-refractivity contribution in [2.75, 3.05) is 11.9 Å². The maximum absolute atomic E-state index is 3.69. The van der Waals surface area contributed by atoms with Crippen LogP contribution in [0, 0.1) is 0 Å². The molecule has 18 heavy (non-hydrogen) atoms. The summed E-state index contributed by atoms with van der Waals surface area (Å²) in [7, 11) is 1.98. The van der Waals surface area contributed by atoms with Gasteiger partial charge in [0, 0.05) is 28.8 Å². The molecule has 1 N–H and O–H groups in total. The molecule has 0 spiro atoms. The van der Waals surface area contributed by atoms with Gasteiger partial charge in [0.25, 0.3) is 0 Å². The molecule has 1 aromatic carbocycles. The van der Waals surface area contributed by atoms with E-state index < -0.39 is 0 Å². The summed E-state index contributed by atoms with van der Waals surface area (Å²) in [4.78, 5) is 2.59. The number of benzene rings is 1. The molecule has 0 radical (unpaired) electrons. The molecule has 1 aliphatic rings. The zero-order valence-corrected chi connectivity index (χ0v) is 13.1. The lowest BCUT2D eigenvalue weighted by molar-refractivity contribution is 0.628. The summed E-state index contributed by atoms with van der Waals surface area (Å²) in [6, 6.07) is 8.14. The molecule has 3 heteroatoms. The van der Waals surface area contributed by atoms with Crippen molar-refractivity contribution in [3.8, 4) is 0 Å². The van der Waals surface area contributed by atoms with Gasteiger partial charge in [0.1, 0.15) is 0 Å². The van der Waals surface area contributed by atoms with E-state index in [4.69, 9.17) is 0 Å². The molecule has 1 heterocycles. The van der Waals surface area contributed by atoms with Crippen molar-refractivity contribution in [3.63, 3.8) is 0 Å². The lowest BCUT2D eigenvalue weighted by Crippen LogP contribution is -2.34. The molecule has 2 nitrogen and oxygen atoms in total. The summed E-state index contributed by atoms with van der Waals surface area (Å²) in [5.41, 5.74) is 2.68. The van der Waals surface area contributed by atoms with Gasteiger partial charge in [0.05, 0.1) is 0 Å². The summed E-state index contributed by atoms with van der Waals surface area (Å²) in [5, 5.41) is 3.20. The summed E-state index contributed by atoms with van der Waals surface area (Å²) >= 11 is 3.69. The molecule has 1 fully saturated rings. The van der Waals surface area contributed by atoms with E-state index >= 15 is 0 Å². The van der Waals surface area contributed by atoms with Crippen molar-refractivity contribution in [3.05, 3.63) is 28.2 Å². The highest BCUT2D eigenvalue weighted by atomic mass is 79.9. The van der Waals surface area contributed by atoms with Crippen LogP contribution in [0.2, 0.25) is 0 Å². The third-order valence-electron chi connectivity index (χ3n) is 3.96. The number of nitrogens with zero attached hydrogens (tertiary/aromatic N) is 1. The number of hydrogen-bond donors (Lipinski definition) is 1. The van der Waals surface area contributed by atoms with Gasteiger partial charge < -0.3 is 10.2 Å². The molecule has 2 atom stereocenters. The van der Waals surface area contributed by atoms with Crippen LogP contribution in [-0.2, 0) is 6.54 Å². The average molecular weight is 311 g/mol. The van der Waals surface area contributed by atoms with Crippen molar-refractivity contribution in [2.45, 2.75) is 51.7 Å². The van der Waals surface area contributed by atoms with E-state index in [1.165, 1.54) is 35.0 Å². The standard InChI is InChI=1S/C15H23BrN2/c1-4-13-7-5-11(2)18(13)14-8-6-12(10-17-3)15(16)9-14/h6,8-9,11,13,17H,4-5,7,10H2,1-3H3. The van der Waals surface area contributed by atoms with E-state index in [9.17, 15) is 0 Å². The van der Waals surface area contributed by atoms with Gasteiger partial charge >= 0.3 is 0 Å². The topological polar surface area (TPSA) is 15.3 Å². The molecule has 2 rings (SSSR count). The minimum Gasteiger partial charge on any atom is -0.366 e. The highest BCUT2D eigenvalue weighted by molar-refractivity contribution is 9.10. The molecule has 0 bridgehead atoms. The van der Waals surface area contributed by atoms with Gasteiger partial charge in [0.2, 0.25) is 0 Å². The molecule has 0 amide bonds. The quantitative estimate of drug-likeness (QED) is 0.906. The Morgan fingerprint density at radius 3 is 2.78 bits per heavy atom. The predicted molar refractivity (Wildman–Crippen MR) is 82.2 cm³/mol. The van der Waals surface area contributed by atoms with Crippen LogP contribution >= 0.6 is 15.9 Å². The first kappa shape index (κ1) is 13.9. The van der Waals surface area contributed by atoms with Crippen LogP contribution in [0.25, 0.3) is 0 Å². The fourth-order valence-electron chi connectivity index (χ4n) is 2.97. The molecule has 0 saturated carbocycles. The largest absolute Gasteiger partial charge is 0.366 e. The Balaban J connectivity index is 2.25. The van der Waals surface area contributed by atoms with Gasteiger partial charge in [-0.2, -0.15) is 0 Å². The Morgan fingerprint density at radius 2 is 2.17 bits per heavy atom. The summed E-state index contributed by atoms with van der Waals surface area (Å²) < 4.78 is 1.21. The second kappa shape index (κ2) is 6.07. The molecule has 2 unspecified atom stereocenters. The number of anilines is 1. The Morgan fingerprint density at radius 1 is 1.39 bits per heavy atom. The Kier molecular flexibility index (Phi) is 4.68. The Bertz CT molecular complexity index is 405. The van der Waals surface area contributed by atoms with Gasteiger partial charge in [-0.1, -0.05) is 28.9 Å². The highest BCUT2D eigenvalue weighted by Gasteiger charge is 2.29. The van der Waals surface area contributed by atoms with Crippen LogP contribution in [0.1, 0.15) is 38.7 Å². The van der Waals surface area contributed by atoms with Crippen molar-refractivity contribution in [1.29, 1.82) is 0 Å². The number of rotatable bonds is 4. The SMILES string of the molecule is CCC1CCC(C)N1c1ccc(CNC)c(Br)c1. The monoisotopic (exact) mass is 310 g/mol. The molecule has 0 aromatic heterocycles. The van der Waals surface area contributed by atoms with Gasteiger partial charge in [0.15, 0.2) is 0 Å². The van der Waals surface area contributed by atoms with Crippen LogP contribution in [-0.4, -0.2) is 19.1 Å². The van der Waals surface area contributed by atoms with E-state index in [2.05, 4.69) is 58.2 Å². The molecule has 1 aromatic rings. The summed E-state index contributed by atoms with van der Waals surface area (Å²) in [6.07, 6.45) is 3.88. The normalized spacial score (nSPS) is 23.7. The van der Waals surface area contributed by atoms with Gasteiger partial charge in [-0.15, -0.1) is 0 Å². The van der Waals surface area contributed by atoms with Crippen molar-refractivity contribution in [2.24, 2.45) is 0 Å². The summed E-state index contributed by atoms with van der Waals surface area (Å²) in [5.74, 6) is 0. The molecule has 1 saturated heterocycles. The number of nitrogens with one attached hydrogen (secondary N) is 1. The fourth-order valence-corrected chi connectivity index (χ4v) is 3.48. The van der Waals surface area contributed by atoms with Crippen LogP contribution < -0.4 is 10.2 Å². The first-order valence-electron chi connectivity index (χ1n) is 6.88. The Hall–Kier alpha value is -0.540. The van der Waals surface area contributed by atoms with Crippen molar-refractivity contribution >= 4 is 21.6 Å². The van der Waals surface area contributed by atoms with E-state index in [1.807, 2.05) is 7.05 Å². The maximum Gasteiger partial charge on any atom is 0.0382 e. The van der Waals surface area contributed by atoms with E-state index in [0.717, 1.165) is 6.54 Å². The third-order valence-corrected chi connectivity index (χ3v) is 4.70. The average Bonchev–Trinajstić information content (AvgIpc) is 2.73. The number of halogens is 1. The third kappa shape index (κ3) is 2.72. The van der Waals surface area contributed by atoms with Crippen LogP contribution in [0.15, 0.2) is 22.7 Å². The second-order valence-corrected chi connectivity index (χ2v) is 6.06. The van der Waals surface area contributed by atoms with Crippen molar-refractivity contribution in [1.82, 2.24) is 5.32 Å². The predicted octanol–water partition coefficient (Wildman–Crippen LogP) is 3.94. The smallest absolute Gasteiger partial charge is 0.0382 e. The molecule has 0 aliphatic carbocycles. The van der Waals surface area contributed by atoms with Gasteiger partial charge in [-0.05, 0) is 50.9 Å². The summed E-state index contributed by atoms with van der Waals surface area (Å²) in [6.45, 7) is 5.54. The highest BCUT2D eigenvalue weighted by Crippen LogP contribution is 2.34. The minimum atomic E-state index is 0.664.